The Morgan fingerprint density at radius 2 is 1.81 bits per heavy atom. The first kappa shape index (κ1) is 17.2. The van der Waals surface area contributed by atoms with Crippen LogP contribution < -0.4 is 10.6 Å². The van der Waals surface area contributed by atoms with E-state index in [2.05, 4.69) is 10.6 Å². The van der Waals surface area contributed by atoms with Gasteiger partial charge in [-0.3, -0.25) is 9.59 Å². The Morgan fingerprint density at radius 3 is 2.43 bits per heavy atom. The first-order chi connectivity index (χ1) is 9.99. The summed E-state index contributed by atoms with van der Waals surface area (Å²) in [6.07, 6.45) is 0. The lowest BCUT2D eigenvalue weighted by molar-refractivity contribution is -0.149. The van der Waals surface area contributed by atoms with E-state index in [4.69, 9.17) is 4.74 Å². The number of hydrogen-bond acceptors (Lipinski definition) is 4. The molecule has 0 radical (unpaired) electrons. The van der Waals surface area contributed by atoms with Crippen LogP contribution in [0.15, 0.2) is 30.3 Å². The summed E-state index contributed by atoms with van der Waals surface area (Å²) < 4.78 is 5.23. The Morgan fingerprint density at radius 1 is 1.14 bits per heavy atom. The summed E-state index contributed by atoms with van der Waals surface area (Å²) in [5.41, 5.74) is 0.960. The third-order valence-corrected chi connectivity index (χ3v) is 2.81. The fourth-order valence-electron chi connectivity index (χ4n) is 1.73. The van der Waals surface area contributed by atoms with E-state index < -0.39 is 0 Å². The molecule has 1 atom stereocenters. The molecular weight excluding hydrogens is 268 g/mol. The zero-order chi connectivity index (χ0) is 15.7. The van der Waals surface area contributed by atoms with Gasteiger partial charge in [-0.2, -0.15) is 0 Å². The Kier molecular flexibility index (Phi) is 7.46. The smallest absolute Gasteiger partial charge is 0.310 e. The van der Waals surface area contributed by atoms with Gasteiger partial charge >= 0.3 is 5.97 Å². The topological polar surface area (TPSA) is 67.4 Å². The minimum absolute atomic E-state index is 0.0742. The van der Waals surface area contributed by atoms with Crippen LogP contribution in [-0.2, 0) is 20.9 Å². The molecule has 1 rings (SSSR count). The molecule has 0 fully saturated rings. The highest BCUT2D eigenvalue weighted by Crippen LogP contribution is 2.04. The normalized spacial score (nSPS) is 12.0. The van der Waals surface area contributed by atoms with E-state index in [-0.39, 0.29) is 37.0 Å². The minimum atomic E-state index is -0.291. The molecule has 0 aliphatic carbocycles. The summed E-state index contributed by atoms with van der Waals surface area (Å²) in [5.74, 6) is -0.633. The Hall–Kier alpha value is -1.88. The summed E-state index contributed by atoms with van der Waals surface area (Å²) in [6, 6.07) is 9.66. The van der Waals surface area contributed by atoms with Crippen molar-refractivity contribution in [3.8, 4) is 0 Å². The SMILES string of the molecule is CC(C)NC(=O)CNCC(C)C(=O)OCc1ccccc1. The third kappa shape index (κ3) is 7.46. The van der Waals surface area contributed by atoms with Crippen LogP contribution >= 0.6 is 0 Å². The van der Waals surface area contributed by atoms with Gasteiger partial charge in [0.1, 0.15) is 6.61 Å². The predicted molar refractivity (Wildman–Crippen MR) is 81.6 cm³/mol. The zero-order valence-corrected chi connectivity index (χ0v) is 12.9. The molecule has 0 spiro atoms. The molecule has 21 heavy (non-hydrogen) atoms. The number of carbonyl (C=O) groups is 2. The molecule has 5 nitrogen and oxygen atoms in total. The molecule has 1 aromatic carbocycles. The predicted octanol–water partition coefficient (Wildman–Crippen LogP) is 1.48. The Labute approximate surface area is 126 Å². The molecule has 0 heterocycles. The highest BCUT2D eigenvalue weighted by molar-refractivity contribution is 5.78. The van der Waals surface area contributed by atoms with Crippen LogP contribution in [0.1, 0.15) is 26.3 Å². The Bertz CT molecular complexity index is 446. The summed E-state index contributed by atoms with van der Waals surface area (Å²) >= 11 is 0. The van der Waals surface area contributed by atoms with E-state index in [0.717, 1.165) is 5.56 Å². The molecule has 1 unspecified atom stereocenters. The average Bonchev–Trinajstić information content (AvgIpc) is 2.44. The van der Waals surface area contributed by atoms with Crippen molar-refractivity contribution in [3.63, 3.8) is 0 Å². The van der Waals surface area contributed by atoms with Crippen molar-refractivity contribution in [1.82, 2.24) is 10.6 Å². The first-order valence-electron chi connectivity index (χ1n) is 7.19. The maximum absolute atomic E-state index is 11.8. The number of hydrogen-bond donors (Lipinski definition) is 2. The Balaban J connectivity index is 2.21. The zero-order valence-electron chi connectivity index (χ0n) is 12.9. The summed E-state index contributed by atoms with van der Waals surface area (Å²) in [4.78, 5) is 23.2. The van der Waals surface area contributed by atoms with Gasteiger partial charge in [0.15, 0.2) is 0 Å². The van der Waals surface area contributed by atoms with Crippen molar-refractivity contribution in [2.75, 3.05) is 13.1 Å². The fraction of sp³-hybridized carbons (Fsp3) is 0.500. The van der Waals surface area contributed by atoms with Crippen molar-refractivity contribution in [2.45, 2.75) is 33.4 Å². The monoisotopic (exact) mass is 292 g/mol. The lowest BCUT2D eigenvalue weighted by Crippen LogP contribution is -2.39. The van der Waals surface area contributed by atoms with Crippen LogP contribution in [0, 0.1) is 5.92 Å². The van der Waals surface area contributed by atoms with Crippen LogP contribution in [0.3, 0.4) is 0 Å². The first-order valence-corrected chi connectivity index (χ1v) is 7.19. The molecule has 0 saturated carbocycles. The second-order valence-electron chi connectivity index (χ2n) is 5.35. The van der Waals surface area contributed by atoms with Crippen LogP contribution in [0.4, 0.5) is 0 Å². The summed E-state index contributed by atoms with van der Waals surface area (Å²) in [7, 11) is 0. The molecule has 1 amide bonds. The van der Waals surface area contributed by atoms with E-state index in [1.165, 1.54) is 0 Å². The second kappa shape index (κ2) is 9.13. The van der Waals surface area contributed by atoms with E-state index in [1.54, 1.807) is 6.92 Å². The van der Waals surface area contributed by atoms with Gasteiger partial charge in [0.05, 0.1) is 12.5 Å². The van der Waals surface area contributed by atoms with Crippen LogP contribution in [0.25, 0.3) is 0 Å². The number of amides is 1. The molecule has 1 aromatic rings. The number of carbonyl (C=O) groups excluding carboxylic acids is 2. The van der Waals surface area contributed by atoms with Gasteiger partial charge in [0, 0.05) is 12.6 Å². The third-order valence-electron chi connectivity index (χ3n) is 2.81. The van der Waals surface area contributed by atoms with E-state index >= 15 is 0 Å². The van der Waals surface area contributed by atoms with Gasteiger partial charge in [-0.05, 0) is 19.4 Å². The average molecular weight is 292 g/mol. The maximum atomic E-state index is 11.8. The van der Waals surface area contributed by atoms with E-state index in [1.807, 2.05) is 44.2 Å². The van der Waals surface area contributed by atoms with Gasteiger partial charge in [-0.25, -0.2) is 0 Å². The van der Waals surface area contributed by atoms with Crippen LogP contribution in [0.2, 0.25) is 0 Å². The van der Waals surface area contributed by atoms with E-state index in [0.29, 0.717) is 6.54 Å². The van der Waals surface area contributed by atoms with Crippen molar-refractivity contribution < 1.29 is 14.3 Å². The number of ether oxygens (including phenoxy) is 1. The van der Waals surface area contributed by atoms with E-state index in [9.17, 15) is 9.59 Å². The molecule has 0 aromatic heterocycles. The highest BCUT2D eigenvalue weighted by atomic mass is 16.5. The molecule has 0 aliphatic rings. The number of rotatable bonds is 8. The van der Waals surface area contributed by atoms with Gasteiger partial charge in [-0.1, -0.05) is 37.3 Å². The lowest BCUT2D eigenvalue weighted by Gasteiger charge is -2.13. The van der Waals surface area contributed by atoms with Gasteiger partial charge in [0.2, 0.25) is 5.91 Å². The van der Waals surface area contributed by atoms with Crippen molar-refractivity contribution in [1.29, 1.82) is 0 Å². The molecular formula is C16H24N2O3. The van der Waals surface area contributed by atoms with Crippen LogP contribution in [-0.4, -0.2) is 31.0 Å². The standard InChI is InChI=1S/C16H24N2O3/c1-12(2)18-15(19)10-17-9-13(3)16(20)21-11-14-7-5-4-6-8-14/h4-8,12-13,17H,9-11H2,1-3H3,(H,18,19). The quantitative estimate of drug-likeness (QED) is 0.712. The van der Waals surface area contributed by atoms with Crippen molar-refractivity contribution in [2.24, 2.45) is 5.92 Å². The molecule has 0 saturated heterocycles. The number of esters is 1. The number of benzene rings is 1. The fourth-order valence-corrected chi connectivity index (χ4v) is 1.73. The largest absolute Gasteiger partial charge is 0.461 e. The van der Waals surface area contributed by atoms with Gasteiger partial charge < -0.3 is 15.4 Å². The summed E-state index contributed by atoms with van der Waals surface area (Å²) in [6.45, 7) is 6.48. The van der Waals surface area contributed by atoms with Gasteiger partial charge in [-0.15, -0.1) is 0 Å². The number of nitrogens with one attached hydrogen (secondary N) is 2. The van der Waals surface area contributed by atoms with Crippen molar-refractivity contribution in [3.05, 3.63) is 35.9 Å². The second-order valence-corrected chi connectivity index (χ2v) is 5.35. The molecule has 5 heteroatoms. The molecule has 0 aliphatic heterocycles. The lowest BCUT2D eigenvalue weighted by atomic mass is 10.2. The highest BCUT2D eigenvalue weighted by Gasteiger charge is 2.14. The molecule has 2 N–H and O–H groups in total. The summed E-state index contributed by atoms with van der Waals surface area (Å²) in [5, 5.41) is 5.73. The maximum Gasteiger partial charge on any atom is 0.310 e. The minimum Gasteiger partial charge on any atom is -0.461 e. The van der Waals surface area contributed by atoms with Gasteiger partial charge in [0.25, 0.3) is 0 Å². The van der Waals surface area contributed by atoms with Crippen LogP contribution in [0.5, 0.6) is 0 Å². The molecule has 0 bridgehead atoms. The molecule has 116 valence electrons. The van der Waals surface area contributed by atoms with Crippen molar-refractivity contribution >= 4 is 11.9 Å².